The zero-order valence-electron chi connectivity index (χ0n) is 10.6. The minimum absolute atomic E-state index is 0.0439. The van der Waals surface area contributed by atoms with Crippen LogP contribution in [-0.2, 0) is 16.0 Å². The molecule has 1 saturated heterocycles. The fraction of sp³-hybridized carbons (Fsp3) is 0.417. The number of rotatable bonds is 5. The molecule has 0 bridgehead atoms. The van der Waals surface area contributed by atoms with Gasteiger partial charge >= 0.3 is 6.03 Å². The molecule has 2 N–H and O–H groups in total. The van der Waals surface area contributed by atoms with E-state index < -0.39 is 6.03 Å². The lowest BCUT2D eigenvalue weighted by Crippen LogP contribution is -2.41. The lowest BCUT2D eigenvalue weighted by Gasteiger charge is -2.11. The van der Waals surface area contributed by atoms with Crippen LogP contribution in [0.15, 0.2) is 16.5 Å². The van der Waals surface area contributed by atoms with Crippen molar-refractivity contribution in [1.82, 2.24) is 15.5 Å². The summed E-state index contributed by atoms with van der Waals surface area (Å²) >= 11 is 0. The van der Waals surface area contributed by atoms with E-state index in [9.17, 15) is 14.4 Å². The molecule has 0 atom stereocenters. The van der Waals surface area contributed by atoms with Gasteiger partial charge in [-0.15, -0.1) is 0 Å². The fourth-order valence-electron chi connectivity index (χ4n) is 1.76. The van der Waals surface area contributed by atoms with E-state index in [4.69, 9.17) is 4.42 Å². The van der Waals surface area contributed by atoms with Gasteiger partial charge < -0.3 is 15.1 Å². The number of furan rings is 1. The van der Waals surface area contributed by atoms with E-state index in [1.807, 2.05) is 19.1 Å². The van der Waals surface area contributed by atoms with E-state index in [1.165, 1.54) is 0 Å². The Bertz CT molecular complexity index is 493. The van der Waals surface area contributed by atoms with Crippen molar-refractivity contribution in [3.63, 3.8) is 0 Å². The average molecular weight is 265 g/mol. The molecule has 7 heteroatoms. The Hall–Kier alpha value is -2.31. The summed E-state index contributed by atoms with van der Waals surface area (Å²) in [6.45, 7) is 1.95. The van der Waals surface area contributed by atoms with E-state index in [0.717, 1.165) is 16.4 Å². The van der Waals surface area contributed by atoms with Gasteiger partial charge in [0, 0.05) is 13.0 Å². The Morgan fingerprint density at radius 2 is 2.26 bits per heavy atom. The Morgan fingerprint density at radius 3 is 2.84 bits per heavy atom. The van der Waals surface area contributed by atoms with Crippen molar-refractivity contribution in [2.75, 3.05) is 19.6 Å². The molecule has 0 spiro atoms. The maximum Gasteiger partial charge on any atom is 0.325 e. The van der Waals surface area contributed by atoms with Crippen molar-refractivity contribution >= 4 is 17.8 Å². The molecule has 0 aromatic carbocycles. The van der Waals surface area contributed by atoms with E-state index in [1.54, 1.807) is 0 Å². The van der Waals surface area contributed by atoms with Crippen molar-refractivity contribution in [2.24, 2.45) is 0 Å². The quantitative estimate of drug-likeness (QED) is 0.721. The molecule has 1 aliphatic rings. The largest absolute Gasteiger partial charge is 0.466 e. The number of carbonyl (C=O) groups is 3. The van der Waals surface area contributed by atoms with Crippen LogP contribution in [0.5, 0.6) is 0 Å². The van der Waals surface area contributed by atoms with Gasteiger partial charge in [0.2, 0.25) is 5.91 Å². The average Bonchev–Trinajstić information content (AvgIpc) is 2.90. The van der Waals surface area contributed by atoms with Crippen LogP contribution in [0.1, 0.15) is 11.5 Å². The topological polar surface area (TPSA) is 91.7 Å². The number of hydrogen-bond acceptors (Lipinski definition) is 4. The Kier molecular flexibility index (Phi) is 3.84. The second kappa shape index (κ2) is 5.55. The number of nitrogens with one attached hydrogen (secondary N) is 2. The zero-order chi connectivity index (χ0) is 13.8. The molecule has 102 valence electrons. The van der Waals surface area contributed by atoms with Crippen LogP contribution in [0.2, 0.25) is 0 Å². The molecule has 0 saturated carbocycles. The first-order chi connectivity index (χ1) is 9.06. The van der Waals surface area contributed by atoms with Crippen LogP contribution < -0.4 is 10.6 Å². The minimum Gasteiger partial charge on any atom is -0.466 e. The first-order valence-corrected chi connectivity index (χ1v) is 5.96. The number of urea groups is 1. The van der Waals surface area contributed by atoms with E-state index in [0.29, 0.717) is 13.0 Å². The van der Waals surface area contributed by atoms with Gasteiger partial charge in [-0.2, -0.15) is 0 Å². The molecule has 4 amide bonds. The highest BCUT2D eigenvalue weighted by molar-refractivity contribution is 6.04. The van der Waals surface area contributed by atoms with Crippen molar-refractivity contribution in [1.29, 1.82) is 0 Å². The van der Waals surface area contributed by atoms with Crippen LogP contribution in [0.3, 0.4) is 0 Å². The SMILES string of the molecule is Cc1ccc(CCNC(=O)CN2C(=O)CNC2=O)o1. The molecular formula is C12H15N3O4. The molecule has 0 radical (unpaired) electrons. The van der Waals surface area contributed by atoms with Gasteiger partial charge in [-0.1, -0.05) is 0 Å². The highest BCUT2D eigenvalue weighted by atomic mass is 16.3. The lowest BCUT2D eigenvalue weighted by molar-refractivity contribution is -0.130. The third kappa shape index (κ3) is 3.34. The van der Waals surface area contributed by atoms with Crippen LogP contribution in [0.4, 0.5) is 4.79 Å². The van der Waals surface area contributed by atoms with Gasteiger partial charge in [0.05, 0.1) is 6.54 Å². The molecule has 0 aliphatic carbocycles. The third-order valence-corrected chi connectivity index (χ3v) is 2.73. The summed E-state index contributed by atoms with van der Waals surface area (Å²) in [7, 11) is 0. The predicted molar refractivity (Wildman–Crippen MR) is 65.3 cm³/mol. The molecule has 1 aliphatic heterocycles. The van der Waals surface area contributed by atoms with Gasteiger partial charge in [0.25, 0.3) is 5.91 Å². The summed E-state index contributed by atoms with van der Waals surface area (Å²) in [5.74, 6) is 0.851. The standard InChI is InChI=1S/C12H15N3O4/c1-8-2-3-9(19-8)4-5-13-10(16)7-15-11(17)6-14-12(15)18/h2-3H,4-7H2,1H3,(H,13,16)(H,14,18). The molecule has 2 heterocycles. The smallest absolute Gasteiger partial charge is 0.325 e. The Labute approximate surface area is 109 Å². The van der Waals surface area contributed by atoms with Gasteiger partial charge in [-0.05, 0) is 19.1 Å². The highest BCUT2D eigenvalue weighted by Crippen LogP contribution is 2.06. The molecule has 1 aromatic heterocycles. The van der Waals surface area contributed by atoms with Gasteiger partial charge in [-0.25, -0.2) is 4.79 Å². The van der Waals surface area contributed by atoms with Crippen molar-refractivity contribution in [3.05, 3.63) is 23.7 Å². The normalized spacial score (nSPS) is 14.7. The Balaban J connectivity index is 1.73. The predicted octanol–water partition coefficient (Wildman–Crippen LogP) is -0.201. The first-order valence-electron chi connectivity index (χ1n) is 5.96. The van der Waals surface area contributed by atoms with Crippen LogP contribution in [0, 0.1) is 6.92 Å². The molecule has 2 rings (SSSR count). The lowest BCUT2D eigenvalue weighted by atomic mass is 10.3. The second-order valence-electron chi connectivity index (χ2n) is 4.25. The molecule has 1 aromatic rings. The number of nitrogens with zero attached hydrogens (tertiary/aromatic N) is 1. The highest BCUT2D eigenvalue weighted by Gasteiger charge is 2.29. The van der Waals surface area contributed by atoms with Gasteiger partial charge in [0.1, 0.15) is 18.1 Å². The fourth-order valence-corrected chi connectivity index (χ4v) is 1.76. The summed E-state index contributed by atoms with van der Waals surface area (Å²) in [6, 6.07) is 3.17. The molecule has 19 heavy (non-hydrogen) atoms. The zero-order valence-corrected chi connectivity index (χ0v) is 10.6. The van der Waals surface area contributed by atoms with E-state index in [2.05, 4.69) is 10.6 Å². The van der Waals surface area contributed by atoms with E-state index >= 15 is 0 Å². The number of hydrogen-bond donors (Lipinski definition) is 2. The summed E-state index contributed by atoms with van der Waals surface area (Å²) in [6.07, 6.45) is 0.569. The van der Waals surface area contributed by atoms with Crippen molar-refractivity contribution in [3.8, 4) is 0 Å². The maximum atomic E-state index is 11.6. The minimum atomic E-state index is -0.526. The van der Waals surface area contributed by atoms with Crippen LogP contribution >= 0.6 is 0 Å². The Morgan fingerprint density at radius 1 is 1.47 bits per heavy atom. The number of aryl methyl sites for hydroxylation is 1. The molecular weight excluding hydrogens is 250 g/mol. The van der Waals surface area contributed by atoms with E-state index in [-0.39, 0.29) is 24.9 Å². The summed E-state index contributed by atoms with van der Waals surface area (Å²) in [5, 5.41) is 4.99. The summed E-state index contributed by atoms with van der Waals surface area (Å²) in [4.78, 5) is 34.9. The third-order valence-electron chi connectivity index (χ3n) is 2.73. The summed E-state index contributed by atoms with van der Waals surface area (Å²) in [5.41, 5.74) is 0. The summed E-state index contributed by atoms with van der Waals surface area (Å²) < 4.78 is 5.35. The number of amides is 4. The first kappa shape index (κ1) is 13.1. The van der Waals surface area contributed by atoms with Gasteiger partial charge in [-0.3, -0.25) is 14.5 Å². The van der Waals surface area contributed by atoms with Crippen LogP contribution in [-0.4, -0.2) is 42.4 Å². The van der Waals surface area contributed by atoms with Gasteiger partial charge in [0.15, 0.2) is 0 Å². The number of imide groups is 1. The van der Waals surface area contributed by atoms with Crippen LogP contribution in [0.25, 0.3) is 0 Å². The number of carbonyl (C=O) groups excluding carboxylic acids is 3. The molecule has 7 nitrogen and oxygen atoms in total. The maximum absolute atomic E-state index is 11.6. The monoisotopic (exact) mass is 265 g/mol. The molecule has 1 fully saturated rings. The second-order valence-corrected chi connectivity index (χ2v) is 4.25. The molecule has 0 unspecified atom stereocenters. The van der Waals surface area contributed by atoms with Crippen molar-refractivity contribution < 1.29 is 18.8 Å². The van der Waals surface area contributed by atoms with Crippen molar-refractivity contribution in [2.45, 2.75) is 13.3 Å².